The minimum absolute atomic E-state index is 0.0568. The van der Waals surface area contributed by atoms with E-state index >= 15 is 0 Å². The molecular weight excluding hydrogens is 248 g/mol. The number of nitrogens with one attached hydrogen (secondary N) is 1. The van der Waals surface area contributed by atoms with E-state index in [4.69, 9.17) is 10.8 Å². The lowest BCUT2D eigenvalue weighted by Gasteiger charge is -2.29. The predicted octanol–water partition coefficient (Wildman–Crippen LogP) is -0.298. The van der Waals surface area contributed by atoms with Crippen LogP contribution < -0.4 is 11.1 Å². The summed E-state index contributed by atoms with van der Waals surface area (Å²) in [7, 11) is 0. The van der Waals surface area contributed by atoms with Crippen molar-refractivity contribution >= 4 is 11.9 Å². The van der Waals surface area contributed by atoms with E-state index in [2.05, 4.69) is 5.32 Å². The Morgan fingerprint density at radius 2 is 2.00 bits per heavy atom. The van der Waals surface area contributed by atoms with E-state index in [-0.39, 0.29) is 24.4 Å². The van der Waals surface area contributed by atoms with Gasteiger partial charge in [-0.15, -0.1) is 0 Å². The summed E-state index contributed by atoms with van der Waals surface area (Å²) < 4.78 is 0. The summed E-state index contributed by atoms with van der Waals surface area (Å²) in [6.45, 7) is 1.35. The van der Waals surface area contributed by atoms with Crippen molar-refractivity contribution in [2.24, 2.45) is 23.5 Å². The van der Waals surface area contributed by atoms with Crippen LogP contribution in [0.4, 0.5) is 0 Å². The zero-order chi connectivity index (χ0) is 14.2. The lowest BCUT2D eigenvalue weighted by molar-refractivity contribution is -0.142. The Labute approximate surface area is 112 Å². The normalized spacial score (nSPS) is 35.9. The van der Waals surface area contributed by atoms with Gasteiger partial charge in [0.15, 0.2) is 0 Å². The van der Waals surface area contributed by atoms with Gasteiger partial charge in [-0.3, -0.25) is 9.59 Å². The van der Waals surface area contributed by atoms with Gasteiger partial charge >= 0.3 is 5.97 Å². The molecule has 0 aromatic rings. The third-order valence-electron chi connectivity index (χ3n) is 4.46. The molecule has 0 aliphatic heterocycles. The molecule has 5 atom stereocenters. The molecule has 0 aromatic carbocycles. The summed E-state index contributed by atoms with van der Waals surface area (Å²) in [4.78, 5) is 22.7. The number of aliphatic hydroxyl groups is 1. The molecular formula is C13H22N2O4. The third-order valence-corrected chi connectivity index (χ3v) is 4.46. The van der Waals surface area contributed by atoms with E-state index in [0.29, 0.717) is 11.8 Å². The van der Waals surface area contributed by atoms with E-state index in [1.807, 2.05) is 0 Å². The minimum atomic E-state index is -1.43. The van der Waals surface area contributed by atoms with Gasteiger partial charge in [0.2, 0.25) is 5.91 Å². The van der Waals surface area contributed by atoms with Crippen molar-refractivity contribution < 1.29 is 19.8 Å². The average molecular weight is 270 g/mol. The summed E-state index contributed by atoms with van der Waals surface area (Å²) in [6, 6.07) is -0.0943. The highest BCUT2D eigenvalue weighted by Gasteiger charge is 2.49. The summed E-state index contributed by atoms with van der Waals surface area (Å²) in [5.41, 5.74) is 4.64. The number of amides is 1. The van der Waals surface area contributed by atoms with E-state index < -0.39 is 18.0 Å². The van der Waals surface area contributed by atoms with Crippen molar-refractivity contribution in [1.29, 1.82) is 0 Å². The fraction of sp³-hybridized carbons (Fsp3) is 0.846. The van der Waals surface area contributed by atoms with Crippen molar-refractivity contribution in [3.63, 3.8) is 0 Å². The molecule has 2 fully saturated rings. The molecule has 0 radical (unpaired) electrons. The van der Waals surface area contributed by atoms with E-state index in [9.17, 15) is 14.7 Å². The van der Waals surface area contributed by atoms with Crippen LogP contribution >= 0.6 is 0 Å². The lowest BCUT2D eigenvalue weighted by atomic mass is 9.84. The molecule has 5 N–H and O–H groups in total. The van der Waals surface area contributed by atoms with Gasteiger partial charge < -0.3 is 21.3 Å². The van der Waals surface area contributed by atoms with Gasteiger partial charge in [-0.25, -0.2) is 0 Å². The summed E-state index contributed by atoms with van der Waals surface area (Å²) in [5.74, 6) is -0.620. The number of carbonyl (C=O) groups excluding carboxylic acids is 1. The van der Waals surface area contributed by atoms with Gasteiger partial charge in [0.1, 0.15) is 0 Å². The summed E-state index contributed by atoms with van der Waals surface area (Å²) >= 11 is 0. The zero-order valence-electron chi connectivity index (χ0n) is 11.1. The average Bonchev–Trinajstić information content (AvgIpc) is 2.84. The molecule has 2 bridgehead atoms. The molecule has 2 saturated carbocycles. The Hall–Kier alpha value is -1.14. The van der Waals surface area contributed by atoms with Crippen LogP contribution in [0, 0.1) is 17.8 Å². The molecule has 2 rings (SSSR count). The number of nitrogens with two attached hydrogens (primary N) is 1. The van der Waals surface area contributed by atoms with Crippen LogP contribution in [0.15, 0.2) is 0 Å². The Balaban J connectivity index is 1.86. The number of rotatable bonds is 5. The molecule has 6 heteroatoms. The van der Waals surface area contributed by atoms with E-state index in [1.54, 1.807) is 0 Å². The molecule has 0 saturated heterocycles. The molecule has 6 nitrogen and oxygen atoms in total. The fourth-order valence-corrected chi connectivity index (χ4v) is 3.51. The Kier molecular flexibility index (Phi) is 3.82. The number of aliphatic carboxylic acids is 1. The number of fused-ring (bicyclic) bond motifs is 2. The van der Waals surface area contributed by atoms with Crippen LogP contribution in [-0.2, 0) is 9.59 Å². The molecule has 19 heavy (non-hydrogen) atoms. The second kappa shape index (κ2) is 5.09. The molecule has 0 aromatic heterocycles. The number of carbonyl (C=O) groups is 2. The van der Waals surface area contributed by atoms with Crippen LogP contribution in [-0.4, -0.2) is 40.3 Å². The van der Waals surface area contributed by atoms with Gasteiger partial charge in [0.05, 0.1) is 17.9 Å². The van der Waals surface area contributed by atoms with Crippen molar-refractivity contribution in [3.05, 3.63) is 0 Å². The van der Waals surface area contributed by atoms with Crippen molar-refractivity contribution in [2.75, 3.05) is 6.54 Å². The molecule has 108 valence electrons. The summed E-state index contributed by atoms with van der Waals surface area (Å²) in [5, 5.41) is 21.2. The molecule has 1 amide bonds. The smallest absolute Gasteiger partial charge is 0.306 e. The standard InChI is InChI=1S/C13H22N2O4/c1-13(19,5-9(16)17)6-15-12(18)10-7-2-3-8(4-7)11(10)14/h7-8,10-11,19H,2-6,14H2,1H3,(H,15,18)(H,16,17). The first-order chi connectivity index (χ1) is 8.80. The zero-order valence-corrected chi connectivity index (χ0v) is 11.1. The maximum Gasteiger partial charge on any atom is 0.306 e. The van der Waals surface area contributed by atoms with Crippen LogP contribution in [0.25, 0.3) is 0 Å². The SMILES string of the molecule is CC(O)(CNC(=O)C1C2CCC(C2)C1N)CC(=O)O. The Morgan fingerprint density at radius 1 is 1.37 bits per heavy atom. The highest BCUT2D eigenvalue weighted by molar-refractivity contribution is 5.80. The highest BCUT2D eigenvalue weighted by atomic mass is 16.4. The van der Waals surface area contributed by atoms with Crippen LogP contribution in [0.2, 0.25) is 0 Å². The van der Waals surface area contributed by atoms with Crippen LogP contribution in [0.3, 0.4) is 0 Å². The first-order valence-electron chi connectivity index (χ1n) is 6.77. The maximum atomic E-state index is 12.1. The Bertz CT molecular complexity index is 381. The van der Waals surface area contributed by atoms with Crippen LogP contribution in [0.5, 0.6) is 0 Å². The minimum Gasteiger partial charge on any atom is -0.481 e. The second-order valence-corrected chi connectivity index (χ2v) is 6.22. The fourth-order valence-electron chi connectivity index (χ4n) is 3.51. The molecule has 0 heterocycles. The lowest BCUT2D eigenvalue weighted by Crippen LogP contribution is -2.49. The van der Waals surface area contributed by atoms with E-state index in [1.165, 1.54) is 6.92 Å². The number of hydrogen-bond donors (Lipinski definition) is 4. The van der Waals surface area contributed by atoms with Crippen LogP contribution in [0.1, 0.15) is 32.6 Å². The second-order valence-electron chi connectivity index (χ2n) is 6.22. The highest BCUT2D eigenvalue weighted by Crippen LogP contribution is 2.47. The number of carboxylic acids is 1. The number of carboxylic acid groups (broad SMARTS) is 1. The van der Waals surface area contributed by atoms with Crippen molar-refractivity contribution in [3.8, 4) is 0 Å². The van der Waals surface area contributed by atoms with Crippen molar-refractivity contribution in [1.82, 2.24) is 5.32 Å². The monoisotopic (exact) mass is 270 g/mol. The molecule has 2 aliphatic carbocycles. The van der Waals surface area contributed by atoms with Gasteiger partial charge in [0.25, 0.3) is 0 Å². The Morgan fingerprint density at radius 3 is 2.53 bits per heavy atom. The van der Waals surface area contributed by atoms with E-state index in [0.717, 1.165) is 19.3 Å². The molecule has 5 unspecified atom stereocenters. The molecule has 0 spiro atoms. The molecule has 2 aliphatic rings. The van der Waals surface area contributed by atoms with Gasteiger partial charge in [-0.1, -0.05) is 0 Å². The first kappa shape index (κ1) is 14.3. The quantitative estimate of drug-likeness (QED) is 0.548. The van der Waals surface area contributed by atoms with Gasteiger partial charge in [-0.05, 0) is 38.0 Å². The predicted molar refractivity (Wildman–Crippen MR) is 68.2 cm³/mol. The topological polar surface area (TPSA) is 113 Å². The van der Waals surface area contributed by atoms with Crippen molar-refractivity contribution in [2.45, 2.75) is 44.2 Å². The third kappa shape index (κ3) is 3.06. The van der Waals surface area contributed by atoms with Gasteiger partial charge in [-0.2, -0.15) is 0 Å². The first-order valence-corrected chi connectivity index (χ1v) is 6.77. The largest absolute Gasteiger partial charge is 0.481 e. The van der Waals surface area contributed by atoms with Gasteiger partial charge in [0, 0.05) is 12.6 Å². The number of hydrogen-bond acceptors (Lipinski definition) is 4. The summed E-state index contributed by atoms with van der Waals surface area (Å²) in [6.07, 6.45) is 2.77. The maximum absolute atomic E-state index is 12.1.